The zero-order valence-electron chi connectivity index (χ0n) is 12.4. The molecule has 2 amide bonds. The van der Waals surface area contributed by atoms with Crippen LogP contribution < -0.4 is 5.73 Å². The molecular formula is C16H22N2O3. The van der Waals surface area contributed by atoms with Gasteiger partial charge in [0.2, 0.25) is 5.91 Å². The van der Waals surface area contributed by atoms with E-state index in [1.54, 1.807) is 17.9 Å². The largest absolute Gasteiger partial charge is 0.469 e. The first kappa shape index (κ1) is 14.2. The number of amides is 2. The van der Waals surface area contributed by atoms with E-state index in [0.29, 0.717) is 30.3 Å². The van der Waals surface area contributed by atoms with Gasteiger partial charge in [-0.15, -0.1) is 0 Å². The van der Waals surface area contributed by atoms with Crippen LogP contribution in [0.25, 0.3) is 0 Å². The van der Waals surface area contributed by atoms with E-state index in [1.165, 1.54) is 19.1 Å². The summed E-state index contributed by atoms with van der Waals surface area (Å²) in [5, 5.41) is 0. The monoisotopic (exact) mass is 290 g/mol. The molecule has 1 aliphatic heterocycles. The first-order valence-corrected chi connectivity index (χ1v) is 7.65. The predicted molar refractivity (Wildman–Crippen MR) is 77.6 cm³/mol. The highest BCUT2D eigenvalue weighted by molar-refractivity contribution is 5.95. The van der Waals surface area contributed by atoms with Crippen molar-refractivity contribution < 1.29 is 14.0 Å². The third-order valence-corrected chi connectivity index (χ3v) is 4.85. The molecule has 114 valence electrons. The number of nitrogens with two attached hydrogens (primary N) is 1. The van der Waals surface area contributed by atoms with E-state index < -0.39 is 5.41 Å². The van der Waals surface area contributed by atoms with Gasteiger partial charge in [0.25, 0.3) is 5.91 Å². The lowest BCUT2D eigenvalue weighted by Crippen LogP contribution is -2.52. The zero-order valence-corrected chi connectivity index (χ0v) is 12.4. The molecule has 0 aromatic carbocycles. The minimum atomic E-state index is -0.535. The van der Waals surface area contributed by atoms with Crippen LogP contribution in [0.3, 0.4) is 0 Å². The van der Waals surface area contributed by atoms with Gasteiger partial charge in [-0.25, -0.2) is 0 Å². The maximum absolute atomic E-state index is 12.6. The maximum atomic E-state index is 12.6. The molecule has 0 spiro atoms. The molecule has 5 heteroatoms. The Morgan fingerprint density at radius 3 is 2.81 bits per heavy atom. The molecule has 5 nitrogen and oxygen atoms in total. The molecule has 1 unspecified atom stereocenters. The van der Waals surface area contributed by atoms with Crippen molar-refractivity contribution >= 4 is 11.8 Å². The van der Waals surface area contributed by atoms with Crippen LogP contribution in [0.1, 0.15) is 48.2 Å². The second kappa shape index (κ2) is 5.20. The van der Waals surface area contributed by atoms with Gasteiger partial charge in [-0.2, -0.15) is 0 Å². The van der Waals surface area contributed by atoms with Crippen LogP contribution in [0, 0.1) is 18.3 Å². The van der Waals surface area contributed by atoms with Gasteiger partial charge in [0.15, 0.2) is 0 Å². The number of primary amides is 1. The number of rotatable bonds is 4. The lowest BCUT2D eigenvalue weighted by molar-refractivity contribution is -0.131. The Bertz CT molecular complexity index is 562. The first-order valence-electron chi connectivity index (χ1n) is 7.65. The summed E-state index contributed by atoms with van der Waals surface area (Å²) in [6.07, 6.45) is 6.35. The van der Waals surface area contributed by atoms with Crippen molar-refractivity contribution in [3.63, 3.8) is 0 Å². The van der Waals surface area contributed by atoms with Gasteiger partial charge in [0.05, 0.1) is 17.2 Å². The normalized spacial score (nSPS) is 25.9. The number of carbonyl (C=O) groups excluding carboxylic acids is 2. The fourth-order valence-electron chi connectivity index (χ4n) is 3.43. The Morgan fingerprint density at radius 2 is 2.24 bits per heavy atom. The molecule has 1 atom stereocenters. The van der Waals surface area contributed by atoms with Gasteiger partial charge >= 0.3 is 0 Å². The van der Waals surface area contributed by atoms with Crippen molar-refractivity contribution in [2.24, 2.45) is 17.1 Å². The summed E-state index contributed by atoms with van der Waals surface area (Å²) in [6.45, 7) is 2.91. The SMILES string of the molecule is Cc1occc1C(=O)N1CCCC(CC2CC2)(C(N)=O)C1. The third-order valence-electron chi connectivity index (χ3n) is 4.85. The second-order valence-electron chi connectivity index (χ2n) is 6.51. The van der Waals surface area contributed by atoms with E-state index >= 15 is 0 Å². The molecule has 1 saturated heterocycles. The van der Waals surface area contributed by atoms with Crippen molar-refractivity contribution in [2.45, 2.75) is 39.0 Å². The molecule has 1 aromatic heterocycles. The van der Waals surface area contributed by atoms with Gasteiger partial charge in [0.1, 0.15) is 5.76 Å². The number of likely N-dealkylation sites (tertiary alicyclic amines) is 1. The van der Waals surface area contributed by atoms with Gasteiger partial charge < -0.3 is 15.1 Å². The summed E-state index contributed by atoms with van der Waals surface area (Å²) in [7, 11) is 0. The Labute approximate surface area is 124 Å². The van der Waals surface area contributed by atoms with Crippen molar-refractivity contribution in [2.75, 3.05) is 13.1 Å². The van der Waals surface area contributed by atoms with Gasteiger partial charge in [0, 0.05) is 13.1 Å². The smallest absolute Gasteiger partial charge is 0.257 e. The topological polar surface area (TPSA) is 76.5 Å². The summed E-state index contributed by atoms with van der Waals surface area (Å²) in [5.74, 6) is 0.929. The summed E-state index contributed by atoms with van der Waals surface area (Å²) in [4.78, 5) is 26.4. The number of hydrogen-bond donors (Lipinski definition) is 1. The van der Waals surface area contributed by atoms with E-state index in [1.807, 2.05) is 0 Å². The molecule has 0 radical (unpaired) electrons. The quantitative estimate of drug-likeness (QED) is 0.922. The summed E-state index contributed by atoms with van der Waals surface area (Å²) >= 11 is 0. The summed E-state index contributed by atoms with van der Waals surface area (Å²) < 4.78 is 5.21. The standard InChI is InChI=1S/C16H22N2O3/c1-11-13(5-8-21-11)14(19)18-7-2-6-16(10-18,15(17)20)9-12-3-4-12/h5,8,12H,2-4,6-7,9-10H2,1H3,(H2,17,20). The third kappa shape index (κ3) is 2.69. The summed E-state index contributed by atoms with van der Waals surface area (Å²) in [5.41, 5.74) is 5.74. The molecule has 2 aliphatic rings. The Morgan fingerprint density at radius 1 is 1.48 bits per heavy atom. The fraction of sp³-hybridized carbons (Fsp3) is 0.625. The molecule has 0 bridgehead atoms. The van der Waals surface area contributed by atoms with Crippen molar-refractivity contribution in [3.8, 4) is 0 Å². The molecular weight excluding hydrogens is 268 g/mol. The van der Waals surface area contributed by atoms with E-state index in [9.17, 15) is 9.59 Å². The molecule has 2 heterocycles. The van der Waals surface area contributed by atoms with Crippen molar-refractivity contribution in [3.05, 3.63) is 23.7 Å². The number of nitrogens with zero attached hydrogens (tertiary/aromatic N) is 1. The number of carbonyl (C=O) groups is 2. The molecule has 3 rings (SSSR count). The van der Waals surface area contributed by atoms with E-state index in [2.05, 4.69) is 0 Å². The van der Waals surface area contributed by atoms with Crippen LogP contribution >= 0.6 is 0 Å². The average molecular weight is 290 g/mol. The highest BCUT2D eigenvalue weighted by Gasteiger charge is 2.45. The maximum Gasteiger partial charge on any atom is 0.257 e. The molecule has 21 heavy (non-hydrogen) atoms. The molecule has 2 fully saturated rings. The molecule has 1 saturated carbocycles. The number of furan rings is 1. The van der Waals surface area contributed by atoms with E-state index in [4.69, 9.17) is 10.2 Å². The highest BCUT2D eigenvalue weighted by Crippen LogP contribution is 2.44. The molecule has 2 N–H and O–H groups in total. The number of piperidine rings is 1. The summed E-state index contributed by atoms with van der Waals surface area (Å²) in [6, 6.07) is 1.69. The van der Waals surface area contributed by atoms with E-state index in [-0.39, 0.29) is 11.8 Å². The molecule has 1 aliphatic carbocycles. The zero-order chi connectivity index (χ0) is 15.0. The number of hydrogen-bond acceptors (Lipinski definition) is 3. The fourth-order valence-corrected chi connectivity index (χ4v) is 3.43. The van der Waals surface area contributed by atoms with E-state index in [0.717, 1.165) is 19.3 Å². The van der Waals surface area contributed by atoms with Crippen LogP contribution in [0.4, 0.5) is 0 Å². The average Bonchev–Trinajstić information content (AvgIpc) is 3.16. The Hall–Kier alpha value is -1.78. The Balaban J connectivity index is 1.79. The number of aryl methyl sites for hydroxylation is 1. The second-order valence-corrected chi connectivity index (χ2v) is 6.51. The van der Waals surface area contributed by atoms with Crippen molar-refractivity contribution in [1.29, 1.82) is 0 Å². The highest BCUT2D eigenvalue weighted by atomic mass is 16.3. The van der Waals surface area contributed by atoms with Gasteiger partial charge in [-0.05, 0) is 38.2 Å². The van der Waals surface area contributed by atoms with Crippen LogP contribution in [0.5, 0.6) is 0 Å². The Kier molecular flexibility index (Phi) is 3.51. The van der Waals surface area contributed by atoms with Gasteiger partial charge in [-0.3, -0.25) is 9.59 Å². The lowest BCUT2D eigenvalue weighted by atomic mass is 9.75. The lowest BCUT2D eigenvalue weighted by Gasteiger charge is -2.41. The minimum Gasteiger partial charge on any atom is -0.469 e. The first-order chi connectivity index (χ1) is 10.0. The minimum absolute atomic E-state index is 0.0534. The van der Waals surface area contributed by atoms with Crippen LogP contribution in [0.15, 0.2) is 16.7 Å². The van der Waals surface area contributed by atoms with Crippen molar-refractivity contribution in [1.82, 2.24) is 4.90 Å². The van der Waals surface area contributed by atoms with Crippen LogP contribution in [-0.2, 0) is 4.79 Å². The van der Waals surface area contributed by atoms with Gasteiger partial charge in [-0.1, -0.05) is 12.8 Å². The van der Waals surface area contributed by atoms with Crippen LogP contribution in [-0.4, -0.2) is 29.8 Å². The van der Waals surface area contributed by atoms with Crippen LogP contribution in [0.2, 0.25) is 0 Å². The molecule has 1 aromatic rings. The predicted octanol–water partition coefficient (Wildman–Crippen LogP) is 2.10.